The van der Waals surface area contributed by atoms with Crippen molar-refractivity contribution in [1.82, 2.24) is 0 Å². The molecule has 3 aliphatic heterocycles. The Balaban J connectivity index is 1.78. The van der Waals surface area contributed by atoms with E-state index in [1.165, 1.54) is 0 Å². The molecule has 0 N–H and O–H groups in total. The van der Waals surface area contributed by atoms with Gasteiger partial charge in [-0.25, -0.2) is 0 Å². The molecular formula is C16H21BrO3. The summed E-state index contributed by atoms with van der Waals surface area (Å²) < 4.78 is 19.0. The molecule has 2 bridgehead atoms. The molecule has 0 aliphatic carbocycles. The first-order chi connectivity index (χ1) is 9.33. The fraction of sp³-hybridized carbons (Fsp3) is 0.625. The van der Waals surface area contributed by atoms with Crippen molar-refractivity contribution in [3.05, 3.63) is 34.3 Å². The average molecular weight is 341 g/mol. The lowest BCUT2D eigenvalue weighted by atomic mass is 9.74. The van der Waals surface area contributed by atoms with E-state index in [9.17, 15) is 0 Å². The van der Waals surface area contributed by atoms with Gasteiger partial charge >= 0.3 is 5.97 Å². The molecule has 0 aromatic heterocycles. The highest BCUT2D eigenvalue weighted by molar-refractivity contribution is 9.10. The maximum atomic E-state index is 5.98. The molecule has 3 fully saturated rings. The van der Waals surface area contributed by atoms with Gasteiger partial charge in [-0.15, -0.1) is 0 Å². The molecule has 0 radical (unpaired) electrons. The second-order valence-corrected chi connectivity index (χ2v) is 8.08. The van der Waals surface area contributed by atoms with Crippen molar-refractivity contribution in [3.8, 4) is 0 Å². The Hall–Kier alpha value is -0.420. The Bertz CT molecular complexity index is 465. The highest BCUT2D eigenvalue weighted by Crippen LogP contribution is 2.48. The van der Waals surface area contributed by atoms with Crippen molar-refractivity contribution in [1.29, 1.82) is 0 Å². The Labute approximate surface area is 128 Å². The summed E-state index contributed by atoms with van der Waals surface area (Å²) in [5.74, 6) is -1.000. The molecule has 4 heteroatoms. The molecule has 0 amide bonds. The van der Waals surface area contributed by atoms with Gasteiger partial charge in [-0.05, 0) is 36.1 Å². The minimum atomic E-state index is -1.000. The van der Waals surface area contributed by atoms with Crippen LogP contribution in [0.4, 0.5) is 0 Å². The molecule has 0 atom stereocenters. The van der Waals surface area contributed by atoms with Crippen LogP contribution in [-0.4, -0.2) is 19.8 Å². The maximum absolute atomic E-state index is 5.98. The second kappa shape index (κ2) is 4.80. The van der Waals surface area contributed by atoms with Crippen molar-refractivity contribution >= 4 is 15.9 Å². The predicted molar refractivity (Wildman–Crippen MR) is 80.2 cm³/mol. The van der Waals surface area contributed by atoms with Gasteiger partial charge in [-0.3, -0.25) is 0 Å². The van der Waals surface area contributed by atoms with Gasteiger partial charge in [0.1, 0.15) is 0 Å². The monoisotopic (exact) mass is 340 g/mol. The summed E-state index contributed by atoms with van der Waals surface area (Å²) in [6, 6.07) is 7.91. The summed E-state index contributed by atoms with van der Waals surface area (Å²) in [5.41, 5.74) is 1.16. The fourth-order valence-corrected chi connectivity index (χ4v) is 3.44. The van der Waals surface area contributed by atoms with Gasteiger partial charge in [0.25, 0.3) is 0 Å². The van der Waals surface area contributed by atoms with Gasteiger partial charge in [-0.2, -0.15) is 0 Å². The Morgan fingerprint density at radius 3 is 1.95 bits per heavy atom. The zero-order chi connectivity index (χ0) is 14.4. The Morgan fingerprint density at radius 1 is 1.00 bits per heavy atom. The van der Waals surface area contributed by atoms with E-state index in [2.05, 4.69) is 36.7 Å². The van der Waals surface area contributed by atoms with Crippen LogP contribution in [0.1, 0.15) is 32.8 Å². The standard InChI is InChI=1S/C16H21BrO3/c1-14(2,3)8-15-9-18-16(19-10-15,20-11-15)12-4-6-13(17)7-5-12/h4-7H,8-11H2,1-3H3. The summed E-state index contributed by atoms with van der Waals surface area (Å²) in [6.07, 6.45) is 1.04. The molecule has 3 nitrogen and oxygen atoms in total. The van der Waals surface area contributed by atoms with Crippen molar-refractivity contribution < 1.29 is 14.2 Å². The maximum Gasteiger partial charge on any atom is 0.312 e. The summed E-state index contributed by atoms with van der Waals surface area (Å²) >= 11 is 3.44. The third-order valence-corrected chi connectivity index (χ3v) is 4.34. The van der Waals surface area contributed by atoms with E-state index in [4.69, 9.17) is 14.2 Å². The molecule has 20 heavy (non-hydrogen) atoms. The van der Waals surface area contributed by atoms with Crippen LogP contribution >= 0.6 is 15.9 Å². The quantitative estimate of drug-likeness (QED) is 0.812. The van der Waals surface area contributed by atoms with Crippen molar-refractivity contribution in [2.24, 2.45) is 10.8 Å². The minimum Gasteiger partial charge on any atom is -0.323 e. The Morgan fingerprint density at radius 2 is 1.50 bits per heavy atom. The molecule has 1 aromatic carbocycles. The first-order valence-corrected chi connectivity index (χ1v) is 7.80. The average Bonchev–Trinajstić information content (AvgIpc) is 2.39. The van der Waals surface area contributed by atoms with Gasteiger partial charge in [0.05, 0.1) is 19.8 Å². The molecule has 3 aliphatic rings. The summed E-state index contributed by atoms with van der Waals surface area (Å²) in [5, 5.41) is 0. The topological polar surface area (TPSA) is 27.7 Å². The van der Waals surface area contributed by atoms with Crippen LogP contribution in [0.25, 0.3) is 0 Å². The van der Waals surface area contributed by atoms with Crippen LogP contribution in [0.5, 0.6) is 0 Å². The molecule has 0 unspecified atom stereocenters. The van der Waals surface area contributed by atoms with E-state index in [0.717, 1.165) is 16.5 Å². The Kier molecular flexibility index (Phi) is 3.49. The highest BCUT2D eigenvalue weighted by Gasteiger charge is 2.54. The van der Waals surface area contributed by atoms with Crippen LogP contribution < -0.4 is 0 Å². The van der Waals surface area contributed by atoms with Crippen molar-refractivity contribution in [2.75, 3.05) is 19.8 Å². The van der Waals surface area contributed by atoms with Gasteiger partial charge < -0.3 is 14.2 Å². The van der Waals surface area contributed by atoms with Crippen LogP contribution in [0.2, 0.25) is 0 Å². The third-order valence-electron chi connectivity index (χ3n) is 3.81. The zero-order valence-electron chi connectivity index (χ0n) is 12.2. The predicted octanol–water partition coefficient (Wildman–Crippen LogP) is 4.06. The summed E-state index contributed by atoms with van der Waals surface area (Å²) in [6.45, 7) is 8.81. The molecule has 0 spiro atoms. The first kappa shape index (κ1) is 14.5. The fourth-order valence-electron chi connectivity index (χ4n) is 3.18. The van der Waals surface area contributed by atoms with Crippen LogP contribution in [0, 0.1) is 10.8 Å². The normalized spacial score (nSPS) is 33.4. The van der Waals surface area contributed by atoms with Crippen LogP contribution in [0.3, 0.4) is 0 Å². The van der Waals surface area contributed by atoms with Crippen LogP contribution in [0.15, 0.2) is 28.7 Å². The largest absolute Gasteiger partial charge is 0.323 e. The van der Waals surface area contributed by atoms with E-state index in [-0.39, 0.29) is 10.8 Å². The lowest BCUT2D eigenvalue weighted by molar-refractivity contribution is -0.482. The SMILES string of the molecule is CC(C)(C)CC12COC(c3ccc(Br)cc3)(OC1)OC2. The lowest BCUT2D eigenvalue weighted by Crippen LogP contribution is -2.59. The molecule has 4 rings (SSSR count). The number of hydrogen-bond donors (Lipinski definition) is 0. The molecule has 0 saturated carbocycles. The molecule has 3 saturated heterocycles. The van der Waals surface area contributed by atoms with Gasteiger partial charge in [0.15, 0.2) is 0 Å². The second-order valence-electron chi connectivity index (χ2n) is 7.17. The molecule has 1 aromatic rings. The number of ether oxygens (including phenoxy) is 3. The van der Waals surface area contributed by atoms with E-state index in [1.54, 1.807) is 0 Å². The number of rotatable bonds is 2. The minimum absolute atomic E-state index is 0.00460. The molecular weight excluding hydrogens is 320 g/mol. The van der Waals surface area contributed by atoms with E-state index < -0.39 is 5.97 Å². The number of halogens is 1. The zero-order valence-corrected chi connectivity index (χ0v) is 13.8. The third kappa shape index (κ3) is 2.67. The van der Waals surface area contributed by atoms with Crippen molar-refractivity contribution in [3.63, 3.8) is 0 Å². The number of fused-ring (bicyclic) bond motifs is 3. The van der Waals surface area contributed by atoms with Gasteiger partial charge in [0.2, 0.25) is 0 Å². The summed E-state index contributed by atoms with van der Waals surface area (Å²) in [4.78, 5) is 0. The van der Waals surface area contributed by atoms with Crippen molar-refractivity contribution in [2.45, 2.75) is 33.2 Å². The highest BCUT2D eigenvalue weighted by atomic mass is 79.9. The number of benzene rings is 1. The van der Waals surface area contributed by atoms with E-state index >= 15 is 0 Å². The first-order valence-electron chi connectivity index (χ1n) is 7.01. The van der Waals surface area contributed by atoms with Gasteiger partial charge in [0, 0.05) is 15.5 Å². The number of hydrogen-bond acceptors (Lipinski definition) is 3. The van der Waals surface area contributed by atoms with Gasteiger partial charge in [-0.1, -0.05) is 36.7 Å². The molecule has 3 heterocycles. The molecule has 110 valence electrons. The van der Waals surface area contributed by atoms with Crippen LogP contribution in [-0.2, 0) is 20.2 Å². The summed E-state index contributed by atoms with van der Waals surface area (Å²) in [7, 11) is 0. The van der Waals surface area contributed by atoms with E-state index in [0.29, 0.717) is 19.8 Å². The lowest BCUT2D eigenvalue weighted by Gasteiger charge is -2.53. The smallest absolute Gasteiger partial charge is 0.312 e. The van der Waals surface area contributed by atoms with E-state index in [1.807, 2.05) is 24.3 Å².